The van der Waals surface area contributed by atoms with Crippen LogP contribution in [0.25, 0.3) is 0 Å². The summed E-state index contributed by atoms with van der Waals surface area (Å²) >= 11 is 8.11. The van der Waals surface area contributed by atoms with Crippen LogP contribution in [0.15, 0.2) is 52.7 Å². The molecule has 2 heterocycles. The number of fused-ring (bicyclic) bond motifs is 1. The molecule has 0 spiro atoms. The molecule has 198 valence electrons. The van der Waals surface area contributed by atoms with Gasteiger partial charge in [0.2, 0.25) is 6.79 Å². The first-order chi connectivity index (χ1) is 17.8. The molecular formula is C27H31ClN2O6S. The van der Waals surface area contributed by atoms with Crippen LogP contribution in [0.2, 0.25) is 5.02 Å². The van der Waals surface area contributed by atoms with Gasteiger partial charge in [-0.05, 0) is 48.6 Å². The van der Waals surface area contributed by atoms with E-state index in [2.05, 4.69) is 19.2 Å². The molecule has 3 N–H and O–H groups in total. The summed E-state index contributed by atoms with van der Waals surface area (Å²) in [7, 11) is 0. The number of carboxylic acids is 2. The monoisotopic (exact) mass is 546 g/mol. The summed E-state index contributed by atoms with van der Waals surface area (Å²) in [5.74, 6) is -0.170. The molecule has 0 aromatic heterocycles. The third-order valence-electron chi connectivity index (χ3n) is 6.71. The molecule has 2 aromatic rings. The van der Waals surface area contributed by atoms with E-state index < -0.39 is 17.6 Å². The van der Waals surface area contributed by atoms with Crippen LogP contribution in [-0.4, -0.2) is 45.3 Å². The van der Waals surface area contributed by atoms with Gasteiger partial charge in [-0.3, -0.25) is 4.79 Å². The van der Waals surface area contributed by atoms with Gasteiger partial charge in [-0.25, -0.2) is 4.79 Å². The number of aliphatic carboxylic acids is 2. The molecule has 8 nitrogen and oxygen atoms in total. The first-order valence-corrected chi connectivity index (χ1v) is 13.7. The zero-order valence-electron chi connectivity index (χ0n) is 20.9. The van der Waals surface area contributed by atoms with Gasteiger partial charge in [-0.2, -0.15) is 0 Å². The number of nitrogens with one attached hydrogen (secondary N) is 1. The predicted molar refractivity (Wildman–Crippen MR) is 142 cm³/mol. The van der Waals surface area contributed by atoms with Gasteiger partial charge in [0.05, 0.1) is 5.70 Å². The number of halogens is 1. The maximum atomic E-state index is 12.6. The summed E-state index contributed by atoms with van der Waals surface area (Å²) in [6.45, 7) is 4.59. The molecule has 0 radical (unpaired) electrons. The van der Waals surface area contributed by atoms with Crippen molar-refractivity contribution in [3.05, 3.63) is 63.9 Å². The van der Waals surface area contributed by atoms with Gasteiger partial charge in [-0.1, -0.05) is 44.0 Å². The minimum atomic E-state index is -0.990. The standard InChI is InChI=1S/C27H31ClN2O6S/c1-3-11-27(4-2)29-21(15-37-19-8-5-17(6-9-19)7-10-24(31)32)25(26(33)34)30(27)14-18-12-22-23(13-20(18)28)36-16-35-22/h5-6,8-9,12-13,29H,3-4,7,10-11,14-16H2,1-2H3,(H,31,32)(H,33,34). The van der Waals surface area contributed by atoms with E-state index in [0.717, 1.165) is 28.9 Å². The van der Waals surface area contributed by atoms with Gasteiger partial charge < -0.3 is 29.9 Å². The molecule has 4 rings (SSSR count). The third-order valence-corrected chi connectivity index (χ3v) is 8.10. The van der Waals surface area contributed by atoms with Crippen molar-refractivity contribution < 1.29 is 29.3 Å². The minimum Gasteiger partial charge on any atom is -0.481 e. The normalized spacial score (nSPS) is 18.3. The highest BCUT2D eigenvalue weighted by atomic mass is 35.5. The largest absolute Gasteiger partial charge is 0.481 e. The highest BCUT2D eigenvalue weighted by Crippen LogP contribution is 2.42. The molecule has 1 atom stereocenters. The van der Waals surface area contributed by atoms with Crippen molar-refractivity contribution >= 4 is 35.3 Å². The fourth-order valence-corrected chi connectivity index (χ4v) is 5.90. The van der Waals surface area contributed by atoms with E-state index in [1.165, 1.54) is 11.8 Å². The Morgan fingerprint density at radius 2 is 1.84 bits per heavy atom. The van der Waals surface area contributed by atoms with E-state index in [9.17, 15) is 14.7 Å². The van der Waals surface area contributed by atoms with Crippen LogP contribution in [0.3, 0.4) is 0 Å². The van der Waals surface area contributed by atoms with Gasteiger partial charge in [0.1, 0.15) is 11.4 Å². The van der Waals surface area contributed by atoms with Crippen LogP contribution in [-0.2, 0) is 22.6 Å². The lowest BCUT2D eigenvalue weighted by molar-refractivity contribution is -0.137. The van der Waals surface area contributed by atoms with E-state index >= 15 is 0 Å². The summed E-state index contributed by atoms with van der Waals surface area (Å²) in [6, 6.07) is 11.3. The summed E-state index contributed by atoms with van der Waals surface area (Å²) in [5, 5.41) is 23.3. The molecule has 0 bridgehead atoms. The summed E-state index contributed by atoms with van der Waals surface area (Å²) in [6.07, 6.45) is 2.90. The second kappa shape index (κ2) is 11.6. The number of aryl methyl sites for hydroxylation is 1. The van der Waals surface area contributed by atoms with Gasteiger partial charge in [0, 0.05) is 34.7 Å². The van der Waals surface area contributed by atoms with Crippen LogP contribution in [0.4, 0.5) is 0 Å². The Hall–Kier alpha value is -3.04. The average Bonchev–Trinajstić information content (AvgIpc) is 3.44. The van der Waals surface area contributed by atoms with Crippen LogP contribution < -0.4 is 14.8 Å². The first-order valence-electron chi connectivity index (χ1n) is 12.3. The number of hydrogen-bond acceptors (Lipinski definition) is 7. The molecule has 10 heteroatoms. The molecule has 0 fully saturated rings. The topological polar surface area (TPSA) is 108 Å². The fraction of sp³-hybridized carbons (Fsp3) is 0.407. The van der Waals surface area contributed by atoms with Crippen molar-refractivity contribution in [2.75, 3.05) is 12.5 Å². The van der Waals surface area contributed by atoms with Crippen molar-refractivity contribution in [3.63, 3.8) is 0 Å². The van der Waals surface area contributed by atoms with Gasteiger partial charge >= 0.3 is 11.9 Å². The number of carbonyl (C=O) groups is 2. The molecule has 2 aliphatic rings. The third kappa shape index (κ3) is 5.93. The number of hydrogen-bond donors (Lipinski definition) is 3. The van der Waals surface area contributed by atoms with E-state index in [1.54, 1.807) is 6.07 Å². The van der Waals surface area contributed by atoms with Crippen molar-refractivity contribution in [2.45, 2.75) is 63.1 Å². The lowest BCUT2D eigenvalue weighted by Crippen LogP contribution is -2.52. The molecule has 1 unspecified atom stereocenters. The SMILES string of the molecule is CCCC1(CC)NC(CSc2ccc(CCC(=O)O)cc2)=C(C(=O)O)N1Cc1cc2c(cc1Cl)OCO2. The van der Waals surface area contributed by atoms with Crippen LogP contribution >= 0.6 is 23.4 Å². The highest BCUT2D eigenvalue weighted by Gasteiger charge is 2.45. The van der Waals surface area contributed by atoms with Crippen LogP contribution in [0.5, 0.6) is 11.5 Å². The summed E-state index contributed by atoms with van der Waals surface area (Å²) in [4.78, 5) is 26.3. The highest BCUT2D eigenvalue weighted by molar-refractivity contribution is 7.99. The van der Waals surface area contributed by atoms with Crippen molar-refractivity contribution in [2.24, 2.45) is 0 Å². The quantitative estimate of drug-likeness (QED) is 0.298. The molecule has 0 saturated carbocycles. The summed E-state index contributed by atoms with van der Waals surface area (Å²) < 4.78 is 10.9. The van der Waals surface area contributed by atoms with Gasteiger partial charge in [0.25, 0.3) is 0 Å². The number of benzene rings is 2. The Balaban J connectivity index is 1.59. The Labute approximate surface area is 225 Å². The maximum Gasteiger partial charge on any atom is 0.354 e. The fourth-order valence-electron chi connectivity index (χ4n) is 4.84. The van der Waals surface area contributed by atoms with Crippen molar-refractivity contribution in [1.82, 2.24) is 10.2 Å². The molecule has 2 aromatic carbocycles. The molecule has 37 heavy (non-hydrogen) atoms. The van der Waals surface area contributed by atoms with Gasteiger partial charge in [0.15, 0.2) is 11.5 Å². The number of carboxylic acid groups (broad SMARTS) is 2. The van der Waals surface area contributed by atoms with Crippen molar-refractivity contribution in [3.8, 4) is 11.5 Å². The predicted octanol–water partition coefficient (Wildman–Crippen LogP) is 5.49. The molecule has 0 amide bonds. The molecule has 0 aliphatic carbocycles. The number of nitrogens with zero attached hydrogens (tertiary/aromatic N) is 1. The van der Waals surface area contributed by atoms with E-state index in [0.29, 0.717) is 47.4 Å². The Bertz CT molecular complexity index is 1200. The van der Waals surface area contributed by atoms with Gasteiger partial charge in [-0.15, -0.1) is 11.8 Å². The number of rotatable bonds is 12. The summed E-state index contributed by atoms with van der Waals surface area (Å²) in [5.41, 5.74) is 2.08. The smallest absolute Gasteiger partial charge is 0.354 e. The maximum absolute atomic E-state index is 12.6. The first kappa shape index (κ1) is 27.0. The lowest BCUT2D eigenvalue weighted by Gasteiger charge is -2.40. The van der Waals surface area contributed by atoms with Crippen molar-refractivity contribution in [1.29, 1.82) is 0 Å². The van der Waals surface area contributed by atoms with E-state index in [4.69, 9.17) is 26.2 Å². The minimum absolute atomic E-state index is 0.0883. The second-order valence-electron chi connectivity index (χ2n) is 9.10. The Morgan fingerprint density at radius 3 is 2.46 bits per heavy atom. The lowest BCUT2D eigenvalue weighted by atomic mass is 9.98. The molecule has 0 saturated heterocycles. The number of thioether (sulfide) groups is 1. The molecule has 2 aliphatic heterocycles. The Morgan fingerprint density at radius 1 is 1.14 bits per heavy atom. The zero-order valence-corrected chi connectivity index (χ0v) is 22.5. The average molecular weight is 547 g/mol. The zero-order chi connectivity index (χ0) is 26.6. The van der Waals surface area contributed by atoms with E-state index in [-0.39, 0.29) is 18.9 Å². The second-order valence-corrected chi connectivity index (χ2v) is 10.6. The van der Waals surface area contributed by atoms with E-state index in [1.807, 2.05) is 35.2 Å². The van der Waals surface area contributed by atoms with Crippen LogP contribution in [0, 0.1) is 0 Å². The molecular weight excluding hydrogens is 516 g/mol. The van der Waals surface area contributed by atoms with Crippen LogP contribution in [0.1, 0.15) is 50.7 Å². The Kier molecular flexibility index (Phi) is 8.44. The number of ether oxygens (including phenoxy) is 2.